The van der Waals surface area contributed by atoms with Gasteiger partial charge in [-0.05, 0) is 12.8 Å². The van der Waals surface area contributed by atoms with Crippen molar-refractivity contribution in [2.24, 2.45) is 5.92 Å². The summed E-state index contributed by atoms with van der Waals surface area (Å²) in [6.07, 6.45) is 0.0269. The molecule has 0 saturated heterocycles. The van der Waals surface area contributed by atoms with Crippen LogP contribution in [0, 0.1) is 5.92 Å². The molecule has 1 amide bonds. The van der Waals surface area contributed by atoms with Crippen LogP contribution in [-0.4, -0.2) is 48.2 Å². The van der Waals surface area contributed by atoms with Gasteiger partial charge >= 0.3 is 5.97 Å². The van der Waals surface area contributed by atoms with E-state index in [1.807, 2.05) is 13.8 Å². The fraction of sp³-hybridized carbons (Fsp3) is 0.818. The SMILES string of the molecule is CCOC(=O)[C@H](C(C)C)N(C)C(=O)CCO. The molecule has 16 heavy (non-hydrogen) atoms. The predicted molar refractivity (Wildman–Crippen MR) is 59.7 cm³/mol. The highest BCUT2D eigenvalue weighted by molar-refractivity contribution is 5.84. The van der Waals surface area contributed by atoms with Gasteiger partial charge in [-0.25, -0.2) is 4.79 Å². The van der Waals surface area contributed by atoms with E-state index >= 15 is 0 Å². The van der Waals surface area contributed by atoms with Gasteiger partial charge in [-0.3, -0.25) is 4.79 Å². The minimum atomic E-state index is -0.584. The van der Waals surface area contributed by atoms with E-state index in [0.29, 0.717) is 6.61 Å². The Bertz CT molecular complexity index is 240. The zero-order chi connectivity index (χ0) is 12.7. The Morgan fingerprint density at radius 2 is 1.94 bits per heavy atom. The van der Waals surface area contributed by atoms with Crippen molar-refractivity contribution in [1.29, 1.82) is 0 Å². The summed E-state index contributed by atoms with van der Waals surface area (Å²) in [6, 6.07) is -0.584. The standard InChI is InChI=1S/C11H21NO4/c1-5-16-11(15)10(8(2)3)12(4)9(14)6-7-13/h8,10,13H,5-7H2,1-4H3/t10-/m0/s1. The van der Waals surface area contributed by atoms with Gasteiger partial charge in [-0.2, -0.15) is 0 Å². The van der Waals surface area contributed by atoms with Crippen molar-refractivity contribution < 1.29 is 19.4 Å². The number of amides is 1. The average Bonchev–Trinajstić information content (AvgIpc) is 2.17. The van der Waals surface area contributed by atoms with Crippen molar-refractivity contribution in [3.8, 4) is 0 Å². The summed E-state index contributed by atoms with van der Waals surface area (Å²) in [5, 5.41) is 8.68. The molecule has 0 bridgehead atoms. The van der Waals surface area contributed by atoms with Crippen LogP contribution in [0.15, 0.2) is 0 Å². The largest absolute Gasteiger partial charge is 0.464 e. The smallest absolute Gasteiger partial charge is 0.329 e. The summed E-state index contributed by atoms with van der Waals surface area (Å²) in [4.78, 5) is 24.6. The molecule has 0 aromatic rings. The number of carbonyl (C=O) groups excluding carboxylic acids is 2. The highest BCUT2D eigenvalue weighted by Gasteiger charge is 2.30. The number of hydrogen-bond acceptors (Lipinski definition) is 4. The summed E-state index contributed by atoms with van der Waals surface area (Å²) >= 11 is 0. The van der Waals surface area contributed by atoms with Crippen LogP contribution >= 0.6 is 0 Å². The third kappa shape index (κ3) is 4.18. The maximum atomic E-state index is 11.7. The van der Waals surface area contributed by atoms with Crippen molar-refractivity contribution >= 4 is 11.9 Å². The molecule has 0 heterocycles. The highest BCUT2D eigenvalue weighted by Crippen LogP contribution is 2.12. The Hall–Kier alpha value is -1.10. The van der Waals surface area contributed by atoms with Gasteiger partial charge in [-0.1, -0.05) is 13.8 Å². The van der Waals surface area contributed by atoms with E-state index in [2.05, 4.69) is 0 Å². The van der Waals surface area contributed by atoms with Gasteiger partial charge in [0.25, 0.3) is 0 Å². The Kier molecular flexibility index (Phi) is 6.72. The summed E-state index contributed by atoms with van der Waals surface area (Å²) in [6.45, 7) is 5.51. The van der Waals surface area contributed by atoms with Crippen LogP contribution in [0.4, 0.5) is 0 Å². The molecule has 5 nitrogen and oxygen atoms in total. The summed E-state index contributed by atoms with van der Waals surface area (Å²) < 4.78 is 4.92. The lowest BCUT2D eigenvalue weighted by atomic mass is 10.0. The molecule has 94 valence electrons. The van der Waals surface area contributed by atoms with E-state index in [1.54, 1.807) is 14.0 Å². The van der Waals surface area contributed by atoms with E-state index in [0.717, 1.165) is 0 Å². The lowest BCUT2D eigenvalue weighted by molar-refractivity contribution is -0.156. The van der Waals surface area contributed by atoms with Crippen LogP contribution in [0.1, 0.15) is 27.2 Å². The molecule has 1 atom stereocenters. The molecule has 0 aromatic heterocycles. The molecule has 0 aliphatic carbocycles. The van der Waals surface area contributed by atoms with Gasteiger partial charge in [0.05, 0.1) is 13.2 Å². The number of carbonyl (C=O) groups is 2. The van der Waals surface area contributed by atoms with Gasteiger partial charge in [-0.15, -0.1) is 0 Å². The molecule has 0 rings (SSSR count). The number of esters is 1. The van der Waals surface area contributed by atoms with Crippen LogP contribution in [0.25, 0.3) is 0 Å². The Balaban J connectivity index is 4.64. The van der Waals surface area contributed by atoms with E-state index in [9.17, 15) is 9.59 Å². The summed E-state index contributed by atoms with van der Waals surface area (Å²) in [7, 11) is 1.56. The minimum absolute atomic E-state index is 0.0216. The molecule has 0 aliphatic heterocycles. The third-order valence-electron chi connectivity index (χ3n) is 2.30. The van der Waals surface area contributed by atoms with Gasteiger partial charge in [0.2, 0.25) is 5.91 Å². The molecule has 0 spiro atoms. The summed E-state index contributed by atoms with van der Waals surface area (Å²) in [5.74, 6) is -0.674. The first-order valence-corrected chi connectivity index (χ1v) is 5.48. The second-order valence-corrected chi connectivity index (χ2v) is 3.92. The van der Waals surface area contributed by atoms with Crippen molar-refractivity contribution in [1.82, 2.24) is 4.90 Å². The number of hydrogen-bond donors (Lipinski definition) is 1. The van der Waals surface area contributed by atoms with Crippen LogP contribution < -0.4 is 0 Å². The van der Waals surface area contributed by atoms with Crippen molar-refractivity contribution in [2.75, 3.05) is 20.3 Å². The van der Waals surface area contributed by atoms with Gasteiger partial charge in [0, 0.05) is 13.5 Å². The third-order valence-corrected chi connectivity index (χ3v) is 2.30. The molecule has 5 heteroatoms. The fourth-order valence-electron chi connectivity index (χ4n) is 1.53. The average molecular weight is 231 g/mol. The number of ether oxygens (including phenoxy) is 1. The quantitative estimate of drug-likeness (QED) is 0.673. The first-order chi connectivity index (χ1) is 7.45. The zero-order valence-electron chi connectivity index (χ0n) is 10.4. The number of likely N-dealkylation sites (N-methyl/N-ethyl adjacent to an activating group) is 1. The monoisotopic (exact) mass is 231 g/mol. The van der Waals surface area contributed by atoms with Crippen LogP contribution in [0.5, 0.6) is 0 Å². The molecule has 0 aromatic carbocycles. The zero-order valence-corrected chi connectivity index (χ0v) is 10.4. The molecule has 0 unspecified atom stereocenters. The first-order valence-electron chi connectivity index (χ1n) is 5.48. The predicted octanol–water partition coefficient (Wildman–Crippen LogP) is 0.415. The van der Waals surface area contributed by atoms with Gasteiger partial charge in [0.15, 0.2) is 0 Å². The number of nitrogens with zero attached hydrogens (tertiary/aromatic N) is 1. The maximum Gasteiger partial charge on any atom is 0.329 e. The molecule has 0 saturated carbocycles. The molecule has 0 aliphatic rings. The van der Waals surface area contributed by atoms with E-state index in [1.165, 1.54) is 4.90 Å². The van der Waals surface area contributed by atoms with Crippen molar-refractivity contribution in [2.45, 2.75) is 33.2 Å². The van der Waals surface area contributed by atoms with Crippen LogP contribution in [-0.2, 0) is 14.3 Å². The van der Waals surface area contributed by atoms with Crippen molar-refractivity contribution in [3.05, 3.63) is 0 Å². The van der Waals surface area contributed by atoms with E-state index < -0.39 is 12.0 Å². The Morgan fingerprint density at radius 1 is 1.38 bits per heavy atom. The maximum absolute atomic E-state index is 11.7. The highest BCUT2D eigenvalue weighted by atomic mass is 16.5. The molecule has 1 N–H and O–H groups in total. The van der Waals surface area contributed by atoms with Gasteiger partial charge in [0.1, 0.15) is 6.04 Å². The molecule has 0 radical (unpaired) electrons. The Labute approximate surface area is 96.4 Å². The van der Waals surface area contributed by atoms with Crippen molar-refractivity contribution in [3.63, 3.8) is 0 Å². The topological polar surface area (TPSA) is 66.8 Å². The van der Waals surface area contributed by atoms with E-state index in [4.69, 9.17) is 9.84 Å². The normalized spacial score (nSPS) is 12.4. The lowest BCUT2D eigenvalue weighted by Crippen LogP contribution is -2.46. The first kappa shape index (κ1) is 14.9. The van der Waals surface area contributed by atoms with Crippen LogP contribution in [0.2, 0.25) is 0 Å². The minimum Gasteiger partial charge on any atom is -0.464 e. The number of rotatable bonds is 6. The van der Waals surface area contributed by atoms with Gasteiger partial charge < -0.3 is 14.7 Å². The second-order valence-electron chi connectivity index (χ2n) is 3.92. The molecular formula is C11H21NO4. The van der Waals surface area contributed by atoms with Crippen LogP contribution in [0.3, 0.4) is 0 Å². The molecular weight excluding hydrogens is 210 g/mol. The summed E-state index contributed by atoms with van der Waals surface area (Å²) in [5.41, 5.74) is 0. The second kappa shape index (κ2) is 7.22. The Morgan fingerprint density at radius 3 is 2.31 bits per heavy atom. The van der Waals surface area contributed by atoms with E-state index in [-0.39, 0.29) is 24.9 Å². The fourth-order valence-corrected chi connectivity index (χ4v) is 1.53. The number of aliphatic hydroxyl groups is 1. The number of aliphatic hydroxyl groups excluding tert-OH is 1. The molecule has 0 fully saturated rings. The lowest BCUT2D eigenvalue weighted by Gasteiger charge is -2.29.